The number of hydrogen-bond acceptors (Lipinski definition) is 4. The summed E-state index contributed by atoms with van der Waals surface area (Å²) in [6.45, 7) is 10.2. The van der Waals surface area contributed by atoms with Crippen LogP contribution in [0.5, 0.6) is 11.5 Å². The second-order valence-electron chi connectivity index (χ2n) is 7.70. The molecule has 2 aromatic rings. The van der Waals surface area contributed by atoms with Crippen molar-refractivity contribution in [2.45, 2.75) is 45.6 Å². The van der Waals surface area contributed by atoms with E-state index in [0.717, 1.165) is 48.0 Å². The van der Waals surface area contributed by atoms with E-state index in [9.17, 15) is 0 Å². The molecule has 1 saturated heterocycles. The Morgan fingerprint density at radius 3 is 2.74 bits per heavy atom. The van der Waals surface area contributed by atoms with Crippen molar-refractivity contribution in [1.82, 2.24) is 14.9 Å². The third-order valence-corrected chi connectivity index (χ3v) is 4.75. The van der Waals surface area contributed by atoms with Crippen LogP contribution in [0.15, 0.2) is 12.1 Å². The zero-order valence-electron chi connectivity index (χ0n) is 14.2. The van der Waals surface area contributed by atoms with Gasteiger partial charge in [0.25, 0.3) is 0 Å². The standard InChI is InChI=1S/C18H25N3O2/c1-18(2,3)17-20-13-7-15-16(23-11-22-15)8-14(13)21(17)10-12-5-4-6-19-9-12/h7-8,12,19H,4-6,9-11H2,1-3H3. The van der Waals surface area contributed by atoms with Gasteiger partial charge in [0.2, 0.25) is 6.79 Å². The van der Waals surface area contributed by atoms with Gasteiger partial charge in [0.1, 0.15) is 5.82 Å². The highest BCUT2D eigenvalue weighted by atomic mass is 16.7. The quantitative estimate of drug-likeness (QED) is 0.925. The molecule has 0 aliphatic carbocycles. The van der Waals surface area contributed by atoms with Gasteiger partial charge in [-0.3, -0.25) is 0 Å². The summed E-state index contributed by atoms with van der Waals surface area (Å²) in [6.07, 6.45) is 2.54. The molecule has 1 fully saturated rings. The molecule has 0 saturated carbocycles. The van der Waals surface area contributed by atoms with Crippen LogP contribution in [-0.4, -0.2) is 29.4 Å². The number of piperidine rings is 1. The van der Waals surface area contributed by atoms with E-state index >= 15 is 0 Å². The summed E-state index contributed by atoms with van der Waals surface area (Å²) in [5.74, 6) is 3.44. The number of ether oxygens (including phenoxy) is 2. The van der Waals surface area contributed by atoms with Gasteiger partial charge in [-0.15, -0.1) is 0 Å². The number of imidazole rings is 1. The molecule has 2 aliphatic rings. The summed E-state index contributed by atoms with van der Waals surface area (Å²) >= 11 is 0. The van der Waals surface area contributed by atoms with E-state index in [0.29, 0.717) is 12.7 Å². The van der Waals surface area contributed by atoms with Crippen LogP contribution in [0.3, 0.4) is 0 Å². The monoisotopic (exact) mass is 315 g/mol. The summed E-state index contributed by atoms with van der Waals surface area (Å²) < 4.78 is 13.5. The molecule has 1 N–H and O–H groups in total. The van der Waals surface area contributed by atoms with E-state index < -0.39 is 0 Å². The molecule has 1 unspecified atom stereocenters. The van der Waals surface area contributed by atoms with E-state index in [-0.39, 0.29) is 5.41 Å². The average Bonchev–Trinajstić information content (AvgIpc) is 3.10. The molecule has 4 rings (SSSR count). The van der Waals surface area contributed by atoms with Gasteiger partial charge in [0, 0.05) is 24.1 Å². The van der Waals surface area contributed by atoms with Gasteiger partial charge in [0.05, 0.1) is 11.0 Å². The Bertz CT molecular complexity index is 724. The fourth-order valence-electron chi connectivity index (χ4n) is 3.61. The van der Waals surface area contributed by atoms with Crippen molar-refractivity contribution < 1.29 is 9.47 Å². The van der Waals surface area contributed by atoms with Gasteiger partial charge in [-0.05, 0) is 31.8 Å². The summed E-state index contributed by atoms with van der Waals surface area (Å²) in [5, 5.41) is 3.52. The van der Waals surface area contributed by atoms with Gasteiger partial charge in [-0.25, -0.2) is 4.98 Å². The highest BCUT2D eigenvalue weighted by molar-refractivity contribution is 5.81. The first-order valence-electron chi connectivity index (χ1n) is 8.53. The van der Waals surface area contributed by atoms with Gasteiger partial charge in [-0.2, -0.15) is 0 Å². The van der Waals surface area contributed by atoms with Crippen LogP contribution in [0.4, 0.5) is 0 Å². The number of benzene rings is 1. The zero-order chi connectivity index (χ0) is 16.0. The van der Waals surface area contributed by atoms with Crippen molar-refractivity contribution in [2.24, 2.45) is 5.92 Å². The predicted molar refractivity (Wildman–Crippen MR) is 90.1 cm³/mol. The van der Waals surface area contributed by atoms with Crippen LogP contribution in [0.2, 0.25) is 0 Å². The van der Waals surface area contributed by atoms with Crippen molar-refractivity contribution in [3.05, 3.63) is 18.0 Å². The van der Waals surface area contributed by atoms with E-state index in [4.69, 9.17) is 14.5 Å². The third kappa shape index (κ3) is 2.67. The highest BCUT2D eigenvalue weighted by Crippen LogP contribution is 2.38. The lowest BCUT2D eigenvalue weighted by molar-refractivity contribution is 0.174. The largest absolute Gasteiger partial charge is 0.454 e. The minimum absolute atomic E-state index is 0.00722. The van der Waals surface area contributed by atoms with Gasteiger partial charge < -0.3 is 19.4 Å². The van der Waals surface area contributed by atoms with E-state index in [1.165, 1.54) is 12.8 Å². The van der Waals surface area contributed by atoms with Crippen molar-refractivity contribution in [3.63, 3.8) is 0 Å². The molecule has 124 valence electrons. The summed E-state index contributed by atoms with van der Waals surface area (Å²) in [7, 11) is 0. The van der Waals surface area contributed by atoms with Crippen LogP contribution in [0.25, 0.3) is 11.0 Å². The summed E-state index contributed by atoms with van der Waals surface area (Å²) in [6, 6.07) is 4.11. The maximum atomic E-state index is 5.57. The van der Waals surface area contributed by atoms with Crippen LogP contribution < -0.4 is 14.8 Å². The molecular formula is C18H25N3O2. The lowest BCUT2D eigenvalue weighted by Crippen LogP contribution is -2.33. The van der Waals surface area contributed by atoms with Gasteiger partial charge in [0.15, 0.2) is 11.5 Å². The molecule has 1 aromatic heterocycles. The first-order valence-corrected chi connectivity index (χ1v) is 8.53. The first-order chi connectivity index (χ1) is 11.0. The SMILES string of the molecule is CC(C)(C)c1nc2cc3c(cc2n1CC1CCCNC1)OCO3. The normalized spacial score (nSPS) is 21.1. The fraction of sp³-hybridized carbons (Fsp3) is 0.611. The Kier molecular flexibility index (Phi) is 3.48. The van der Waals surface area contributed by atoms with Crippen LogP contribution in [0.1, 0.15) is 39.4 Å². The van der Waals surface area contributed by atoms with E-state index in [1.807, 2.05) is 6.07 Å². The molecule has 0 bridgehead atoms. The molecule has 1 atom stereocenters. The Hall–Kier alpha value is -1.75. The Morgan fingerprint density at radius 1 is 1.26 bits per heavy atom. The first kappa shape index (κ1) is 14.8. The second-order valence-corrected chi connectivity index (χ2v) is 7.70. The molecule has 0 amide bonds. The maximum absolute atomic E-state index is 5.57. The molecule has 0 spiro atoms. The molecular weight excluding hydrogens is 290 g/mol. The number of hydrogen-bond donors (Lipinski definition) is 1. The molecule has 5 heteroatoms. The molecule has 1 aromatic carbocycles. The summed E-state index contributed by atoms with van der Waals surface area (Å²) in [4.78, 5) is 4.93. The van der Waals surface area contributed by atoms with Crippen molar-refractivity contribution in [3.8, 4) is 11.5 Å². The second kappa shape index (κ2) is 5.41. The topological polar surface area (TPSA) is 48.3 Å². The summed E-state index contributed by atoms with van der Waals surface area (Å²) in [5.41, 5.74) is 2.17. The zero-order valence-corrected chi connectivity index (χ0v) is 14.2. The van der Waals surface area contributed by atoms with Gasteiger partial charge >= 0.3 is 0 Å². The van der Waals surface area contributed by atoms with Crippen LogP contribution in [0, 0.1) is 5.92 Å². The molecule has 2 aliphatic heterocycles. The molecule has 5 nitrogen and oxygen atoms in total. The Labute approximate surface area is 137 Å². The highest BCUT2D eigenvalue weighted by Gasteiger charge is 2.27. The average molecular weight is 315 g/mol. The molecule has 3 heterocycles. The lowest BCUT2D eigenvalue weighted by atomic mass is 9.94. The number of rotatable bonds is 2. The maximum Gasteiger partial charge on any atom is 0.231 e. The van der Waals surface area contributed by atoms with Crippen LogP contribution in [-0.2, 0) is 12.0 Å². The van der Waals surface area contributed by atoms with E-state index in [2.05, 4.69) is 36.7 Å². The lowest BCUT2D eigenvalue weighted by Gasteiger charge is -2.27. The smallest absolute Gasteiger partial charge is 0.231 e. The predicted octanol–water partition coefficient (Wildman–Crippen LogP) is 3.06. The third-order valence-electron chi connectivity index (χ3n) is 4.75. The molecule has 0 radical (unpaired) electrons. The van der Waals surface area contributed by atoms with Crippen molar-refractivity contribution >= 4 is 11.0 Å². The number of aromatic nitrogens is 2. The minimum Gasteiger partial charge on any atom is -0.454 e. The van der Waals surface area contributed by atoms with E-state index in [1.54, 1.807) is 0 Å². The molecule has 23 heavy (non-hydrogen) atoms. The fourth-order valence-corrected chi connectivity index (χ4v) is 3.61. The minimum atomic E-state index is 0.00722. The Balaban J connectivity index is 1.81. The van der Waals surface area contributed by atoms with Crippen molar-refractivity contribution in [2.75, 3.05) is 19.9 Å². The van der Waals surface area contributed by atoms with Gasteiger partial charge in [-0.1, -0.05) is 20.8 Å². The number of nitrogens with zero attached hydrogens (tertiary/aromatic N) is 2. The number of fused-ring (bicyclic) bond motifs is 2. The Morgan fingerprint density at radius 2 is 2.04 bits per heavy atom. The van der Waals surface area contributed by atoms with Crippen molar-refractivity contribution in [1.29, 1.82) is 0 Å². The number of nitrogens with one attached hydrogen (secondary N) is 1. The van der Waals surface area contributed by atoms with Crippen LogP contribution >= 0.6 is 0 Å².